The highest BCUT2D eigenvalue weighted by Crippen LogP contribution is 2.22. The molecular weight excluding hydrogens is 230 g/mol. The Labute approximate surface area is 89.0 Å². The highest BCUT2D eigenvalue weighted by Gasteiger charge is 2.30. The van der Waals surface area contributed by atoms with Gasteiger partial charge in [-0.15, -0.1) is 12.4 Å². The first-order valence-corrected chi connectivity index (χ1v) is 5.91. The average molecular weight is 244 g/mol. The molecule has 1 fully saturated rings. The monoisotopic (exact) mass is 243 g/mol. The van der Waals surface area contributed by atoms with Gasteiger partial charge in [-0.3, -0.25) is 4.79 Å². The van der Waals surface area contributed by atoms with Gasteiger partial charge in [0.15, 0.2) is 9.84 Å². The Morgan fingerprint density at radius 1 is 1.57 bits per heavy atom. The van der Waals surface area contributed by atoms with Gasteiger partial charge < -0.3 is 10.8 Å². The summed E-state index contributed by atoms with van der Waals surface area (Å²) in [6, 6.07) is -0.932. The minimum atomic E-state index is -2.92. The quantitative estimate of drug-likeness (QED) is 0.706. The summed E-state index contributed by atoms with van der Waals surface area (Å²) in [4.78, 5) is 10.4. The zero-order chi connectivity index (χ0) is 10.1. The second-order valence-electron chi connectivity index (χ2n) is 3.45. The highest BCUT2D eigenvalue weighted by molar-refractivity contribution is 7.91. The van der Waals surface area contributed by atoms with Crippen LogP contribution in [0.2, 0.25) is 0 Å². The molecule has 7 heteroatoms. The lowest BCUT2D eigenvalue weighted by molar-refractivity contribution is -0.138. The van der Waals surface area contributed by atoms with E-state index in [1.807, 2.05) is 0 Å². The van der Waals surface area contributed by atoms with Crippen molar-refractivity contribution in [3.05, 3.63) is 0 Å². The Kier molecular flexibility index (Phi) is 4.83. The third-order valence-corrected chi connectivity index (χ3v) is 4.07. The van der Waals surface area contributed by atoms with Gasteiger partial charge in [-0.1, -0.05) is 0 Å². The number of halogens is 1. The van der Waals surface area contributed by atoms with Crippen molar-refractivity contribution in [2.75, 3.05) is 11.5 Å². The summed E-state index contributed by atoms with van der Waals surface area (Å²) in [5, 5.41) is 8.50. The van der Waals surface area contributed by atoms with Gasteiger partial charge in [0.1, 0.15) is 6.04 Å². The van der Waals surface area contributed by atoms with Crippen molar-refractivity contribution >= 4 is 28.2 Å². The summed E-state index contributed by atoms with van der Waals surface area (Å²) in [6.45, 7) is 0. The topological polar surface area (TPSA) is 97.5 Å². The van der Waals surface area contributed by atoms with E-state index in [4.69, 9.17) is 10.8 Å². The highest BCUT2D eigenvalue weighted by atomic mass is 35.5. The maximum Gasteiger partial charge on any atom is 0.320 e. The number of sulfone groups is 1. The standard InChI is InChI=1S/C7H13NO4S.ClH/c8-6(7(9)10)3-5-1-2-13(11,12)4-5;/h5-6H,1-4,8H2,(H,9,10);1H. The second kappa shape index (κ2) is 4.95. The van der Waals surface area contributed by atoms with E-state index >= 15 is 0 Å². The van der Waals surface area contributed by atoms with Gasteiger partial charge in [-0.2, -0.15) is 0 Å². The third kappa shape index (κ3) is 3.81. The maximum atomic E-state index is 11.0. The molecule has 0 radical (unpaired) electrons. The molecule has 1 aliphatic heterocycles. The predicted molar refractivity (Wildman–Crippen MR) is 54.2 cm³/mol. The van der Waals surface area contributed by atoms with Crippen LogP contribution in [0.4, 0.5) is 0 Å². The van der Waals surface area contributed by atoms with Crippen LogP contribution in [-0.2, 0) is 14.6 Å². The van der Waals surface area contributed by atoms with Crippen LogP contribution in [0.3, 0.4) is 0 Å². The number of aliphatic carboxylic acids is 1. The number of hydrogen-bond donors (Lipinski definition) is 2. The molecule has 2 atom stereocenters. The number of carbonyl (C=O) groups is 1. The summed E-state index contributed by atoms with van der Waals surface area (Å²) in [7, 11) is -2.92. The van der Waals surface area contributed by atoms with Crippen molar-refractivity contribution in [3.63, 3.8) is 0 Å². The fourth-order valence-electron chi connectivity index (χ4n) is 1.52. The van der Waals surface area contributed by atoms with Gasteiger partial charge in [0.25, 0.3) is 0 Å². The van der Waals surface area contributed by atoms with E-state index in [1.165, 1.54) is 0 Å². The van der Waals surface area contributed by atoms with E-state index < -0.39 is 21.8 Å². The van der Waals surface area contributed by atoms with Crippen LogP contribution in [-0.4, -0.2) is 37.0 Å². The molecule has 14 heavy (non-hydrogen) atoms. The first-order chi connectivity index (χ1) is 5.91. The van der Waals surface area contributed by atoms with Crippen molar-refractivity contribution < 1.29 is 18.3 Å². The summed E-state index contributed by atoms with van der Waals surface area (Å²) in [5.41, 5.74) is 5.29. The predicted octanol–water partition coefficient (Wildman–Crippen LogP) is -0.355. The molecule has 1 aliphatic rings. The summed E-state index contributed by atoms with van der Waals surface area (Å²) < 4.78 is 22.0. The molecule has 1 rings (SSSR count). The summed E-state index contributed by atoms with van der Waals surface area (Å²) >= 11 is 0. The minimum absolute atomic E-state index is 0. The molecule has 0 aromatic carbocycles. The molecule has 1 heterocycles. The molecule has 0 spiro atoms. The van der Waals surface area contributed by atoms with Crippen LogP contribution in [0.25, 0.3) is 0 Å². The van der Waals surface area contributed by atoms with Crippen LogP contribution in [0.5, 0.6) is 0 Å². The van der Waals surface area contributed by atoms with Gasteiger partial charge >= 0.3 is 5.97 Å². The Morgan fingerprint density at radius 2 is 2.14 bits per heavy atom. The SMILES string of the molecule is Cl.NC(CC1CCS(=O)(=O)C1)C(=O)O. The zero-order valence-electron chi connectivity index (χ0n) is 7.55. The zero-order valence-corrected chi connectivity index (χ0v) is 9.18. The van der Waals surface area contributed by atoms with E-state index in [-0.39, 0.29) is 36.3 Å². The van der Waals surface area contributed by atoms with Gasteiger partial charge in [-0.05, 0) is 18.8 Å². The molecule has 1 saturated heterocycles. The third-order valence-electron chi connectivity index (χ3n) is 2.23. The lowest BCUT2D eigenvalue weighted by Gasteiger charge is -2.10. The smallest absolute Gasteiger partial charge is 0.320 e. The molecule has 84 valence electrons. The molecule has 3 N–H and O–H groups in total. The molecule has 0 aromatic heterocycles. The van der Waals surface area contributed by atoms with E-state index in [9.17, 15) is 13.2 Å². The Hall–Kier alpha value is -0.330. The van der Waals surface area contributed by atoms with E-state index in [2.05, 4.69) is 0 Å². The molecule has 0 aromatic rings. The van der Waals surface area contributed by atoms with Crippen molar-refractivity contribution in [1.29, 1.82) is 0 Å². The molecule has 0 saturated carbocycles. The summed E-state index contributed by atoms with van der Waals surface area (Å²) in [6.07, 6.45) is 0.803. The first kappa shape index (κ1) is 13.7. The Balaban J connectivity index is 0.00000169. The molecule has 0 bridgehead atoms. The number of nitrogens with two attached hydrogens (primary N) is 1. The number of carboxylic acids is 1. The fourth-order valence-corrected chi connectivity index (χ4v) is 3.40. The second-order valence-corrected chi connectivity index (χ2v) is 5.68. The number of carboxylic acid groups (broad SMARTS) is 1. The maximum absolute atomic E-state index is 11.0. The van der Waals surface area contributed by atoms with Crippen molar-refractivity contribution in [2.24, 2.45) is 11.7 Å². The van der Waals surface area contributed by atoms with Crippen molar-refractivity contribution in [1.82, 2.24) is 0 Å². The normalized spacial score (nSPS) is 26.5. The average Bonchev–Trinajstić information content (AvgIpc) is 2.30. The molecule has 2 unspecified atom stereocenters. The number of hydrogen-bond acceptors (Lipinski definition) is 4. The van der Waals surface area contributed by atoms with Gasteiger partial charge in [0, 0.05) is 0 Å². The van der Waals surface area contributed by atoms with Crippen LogP contribution in [0, 0.1) is 5.92 Å². The lowest BCUT2D eigenvalue weighted by Crippen LogP contribution is -2.32. The number of rotatable bonds is 3. The van der Waals surface area contributed by atoms with E-state index in [0.717, 1.165) is 0 Å². The van der Waals surface area contributed by atoms with Crippen LogP contribution >= 0.6 is 12.4 Å². The summed E-state index contributed by atoms with van der Waals surface area (Å²) in [5.74, 6) is -0.877. The minimum Gasteiger partial charge on any atom is -0.480 e. The largest absolute Gasteiger partial charge is 0.480 e. The van der Waals surface area contributed by atoms with E-state index in [0.29, 0.717) is 6.42 Å². The van der Waals surface area contributed by atoms with Crippen LogP contribution in [0.15, 0.2) is 0 Å². The molecule has 0 amide bonds. The Morgan fingerprint density at radius 3 is 2.50 bits per heavy atom. The Bertz CT molecular complexity index is 303. The first-order valence-electron chi connectivity index (χ1n) is 4.09. The lowest BCUT2D eigenvalue weighted by atomic mass is 10.0. The van der Waals surface area contributed by atoms with Crippen molar-refractivity contribution in [2.45, 2.75) is 18.9 Å². The van der Waals surface area contributed by atoms with Crippen LogP contribution in [0.1, 0.15) is 12.8 Å². The van der Waals surface area contributed by atoms with E-state index in [1.54, 1.807) is 0 Å². The molecule has 0 aliphatic carbocycles. The van der Waals surface area contributed by atoms with Gasteiger partial charge in [0.2, 0.25) is 0 Å². The molecule has 5 nitrogen and oxygen atoms in total. The fraction of sp³-hybridized carbons (Fsp3) is 0.857. The van der Waals surface area contributed by atoms with Gasteiger partial charge in [-0.25, -0.2) is 8.42 Å². The van der Waals surface area contributed by atoms with Crippen molar-refractivity contribution in [3.8, 4) is 0 Å². The van der Waals surface area contributed by atoms with Crippen LogP contribution < -0.4 is 5.73 Å². The van der Waals surface area contributed by atoms with Gasteiger partial charge in [0.05, 0.1) is 11.5 Å². The molecular formula is C7H14ClNO4S.